The summed E-state index contributed by atoms with van der Waals surface area (Å²) in [6, 6.07) is 0. The number of amides is 2. The minimum absolute atomic E-state index is 0.158. The quantitative estimate of drug-likeness (QED) is 0.744. The molecule has 2 amide bonds. The van der Waals surface area contributed by atoms with Crippen molar-refractivity contribution in [2.75, 3.05) is 13.2 Å². The summed E-state index contributed by atoms with van der Waals surface area (Å²) < 4.78 is 0. The van der Waals surface area contributed by atoms with Crippen molar-refractivity contribution in [3.63, 3.8) is 0 Å². The number of rotatable bonds is 3. The fourth-order valence-electron chi connectivity index (χ4n) is 3.45. The van der Waals surface area contributed by atoms with Crippen molar-refractivity contribution in [1.82, 2.24) is 4.90 Å². The minimum Gasteiger partial charge on any atom is -0.394 e. The topological polar surface area (TPSA) is 77.8 Å². The molecule has 1 heterocycles. The van der Waals surface area contributed by atoms with Crippen LogP contribution < -0.4 is 0 Å². The molecule has 5 nitrogen and oxygen atoms in total. The zero-order valence-electron chi connectivity index (χ0n) is 11.5. The number of hydrogen-bond donors (Lipinski definition) is 2. The van der Waals surface area contributed by atoms with Gasteiger partial charge < -0.3 is 10.2 Å². The maximum absolute atomic E-state index is 12.3. The van der Waals surface area contributed by atoms with Crippen molar-refractivity contribution in [1.29, 1.82) is 0 Å². The highest BCUT2D eigenvalue weighted by Crippen LogP contribution is 2.46. The number of piperidine rings is 1. The van der Waals surface area contributed by atoms with Crippen LogP contribution in [0.2, 0.25) is 0 Å². The summed E-state index contributed by atoms with van der Waals surface area (Å²) in [4.78, 5) is 25.7. The van der Waals surface area contributed by atoms with Crippen LogP contribution in [-0.4, -0.2) is 45.7 Å². The van der Waals surface area contributed by atoms with Gasteiger partial charge in [0.25, 0.3) is 0 Å². The van der Waals surface area contributed by atoms with E-state index < -0.39 is 18.8 Å². The first-order valence-corrected chi connectivity index (χ1v) is 7.04. The van der Waals surface area contributed by atoms with Crippen molar-refractivity contribution in [3.05, 3.63) is 0 Å². The lowest BCUT2D eigenvalue weighted by atomic mass is 9.67. The van der Waals surface area contributed by atoms with Gasteiger partial charge >= 0.3 is 0 Å². The first-order chi connectivity index (χ1) is 8.96. The highest BCUT2D eigenvalue weighted by atomic mass is 16.3. The summed E-state index contributed by atoms with van der Waals surface area (Å²) in [6.45, 7) is 0.726. The Labute approximate surface area is 113 Å². The lowest BCUT2D eigenvalue weighted by molar-refractivity contribution is -0.166. The third kappa shape index (κ3) is 2.54. The van der Waals surface area contributed by atoms with E-state index >= 15 is 0 Å². The molecule has 1 spiro atoms. The molecule has 19 heavy (non-hydrogen) atoms. The summed E-state index contributed by atoms with van der Waals surface area (Å²) >= 11 is 0. The molecule has 2 aliphatic rings. The van der Waals surface area contributed by atoms with Gasteiger partial charge in [-0.2, -0.15) is 0 Å². The van der Waals surface area contributed by atoms with E-state index in [0.717, 1.165) is 30.6 Å². The molecule has 0 aromatic heterocycles. The Morgan fingerprint density at radius 2 is 1.53 bits per heavy atom. The lowest BCUT2D eigenvalue weighted by Gasteiger charge is -2.47. The van der Waals surface area contributed by atoms with Crippen LogP contribution in [0.5, 0.6) is 0 Å². The molecule has 2 N–H and O–H groups in total. The predicted molar refractivity (Wildman–Crippen MR) is 69.2 cm³/mol. The van der Waals surface area contributed by atoms with Gasteiger partial charge in [0.1, 0.15) is 0 Å². The molecule has 0 aromatic carbocycles. The molecule has 0 radical (unpaired) electrons. The molecule has 1 aliphatic carbocycles. The second-order valence-electron chi connectivity index (χ2n) is 6.35. The maximum atomic E-state index is 12.3. The highest BCUT2D eigenvalue weighted by molar-refractivity contribution is 5.99. The van der Waals surface area contributed by atoms with Gasteiger partial charge in [-0.1, -0.05) is 19.3 Å². The minimum atomic E-state index is -1.18. The number of aliphatic hydroxyl groups is 2. The molecular weight excluding hydrogens is 246 g/mol. The largest absolute Gasteiger partial charge is 0.394 e. The van der Waals surface area contributed by atoms with Gasteiger partial charge in [-0.05, 0) is 25.2 Å². The average Bonchev–Trinajstić information content (AvgIpc) is 2.38. The van der Waals surface area contributed by atoms with Gasteiger partial charge in [0.15, 0.2) is 0 Å². The van der Waals surface area contributed by atoms with E-state index in [2.05, 4.69) is 0 Å². The monoisotopic (exact) mass is 269 g/mol. The van der Waals surface area contributed by atoms with Gasteiger partial charge in [0.05, 0.1) is 18.8 Å². The molecule has 2 rings (SSSR count). The highest BCUT2D eigenvalue weighted by Gasteiger charge is 2.49. The van der Waals surface area contributed by atoms with E-state index in [1.54, 1.807) is 6.92 Å². The van der Waals surface area contributed by atoms with Gasteiger partial charge in [0, 0.05) is 12.8 Å². The van der Waals surface area contributed by atoms with Crippen LogP contribution in [-0.2, 0) is 9.59 Å². The second-order valence-corrected chi connectivity index (χ2v) is 6.35. The molecular formula is C14H23NO4. The van der Waals surface area contributed by atoms with Crippen molar-refractivity contribution in [2.45, 2.75) is 57.4 Å². The van der Waals surface area contributed by atoms with Crippen molar-refractivity contribution in [3.8, 4) is 0 Å². The zero-order valence-corrected chi connectivity index (χ0v) is 11.5. The number of carbonyl (C=O) groups is 2. The standard InChI is InChI=1S/C14H23NO4/c1-13(9-16,10-17)15-11(18)7-14(8-12(15)19)5-3-2-4-6-14/h16-17H,2-10H2,1H3. The number of hydrogen-bond acceptors (Lipinski definition) is 4. The first-order valence-electron chi connectivity index (χ1n) is 7.04. The lowest BCUT2D eigenvalue weighted by Crippen LogP contribution is -2.61. The number of aliphatic hydroxyl groups excluding tert-OH is 2. The number of nitrogens with zero attached hydrogens (tertiary/aromatic N) is 1. The van der Waals surface area contributed by atoms with Crippen molar-refractivity contribution in [2.24, 2.45) is 5.41 Å². The molecule has 1 aliphatic heterocycles. The van der Waals surface area contributed by atoms with E-state index in [4.69, 9.17) is 0 Å². The van der Waals surface area contributed by atoms with Crippen molar-refractivity contribution >= 4 is 11.8 Å². The zero-order chi connectivity index (χ0) is 14.1. The Kier molecular flexibility index (Phi) is 3.97. The van der Waals surface area contributed by atoms with Gasteiger partial charge in [-0.3, -0.25) is 14.5 Å². The van der Waals surface area contributed by atoms with Crippen LogP contribution in [0, 0.1) is 5.41 Å². The summed E-state index contributed by atoms with van der Waals surface area (Å²) in [5.41, 5.74) is -1.33. The molecule has 2 fully saturated rings. The summed E-state index contributed by atoms with van der Waals surface area (Å²) in [7, 11) is 0. The Morgan fingerprint density at radius 3 is 1.95 bits per heavy atom. The predicted octanol–water partition coefficient (Wildman–Crippen LogP) is 0.829. The van der Waals surface area contributed by atoms with Crippen molar-refractivity contribution < 1.29 is 19.8 Å². The normalized spacial score (nSPS) is 24.1. The van der Waals surface area contributed by atoms with Crippen LogP contribution in [0.3, 0.4) is 0 Å². The Bertz CT molecular complexity index is 350. The third-order valence-electron chi connectivity index (χ3n) is 4.69. The Hall–Kier alpha value is -0.940. The van der Waals surface area contributed by atoms with E-state index in [9.17, 15) is 19.8 Å². The van der Waals surface area contributed by atoms with Gasteiger partial charge in [0.2, 0.25) is 11.8 Å². The van der Waals surface area contributed by atoms with Crippen LogP contribution >= 0.6 is 0 Å². The molecule has 1 saturated carbocycles. The van der Waals surface area contributed by atoms with E-state index in [1.807, 2.05) is 0 Å². The number of imide groups is 1. The van der Waals surface area contributed by atoms with Crippen LogP contribution in [0.1, 0.15) is 51.9 Å². The Morgan fingerprint density at radius 1 is 1.05 bits per heavy atom. The summed E-state index contributed by atoms with van der Waals surface area (Å²) in [5, 5.41) is 18.7. The van der Waals surface area contributed by atoms with E-state index in [0.29, 0.717) is 12.8 Å². The van der Waals surface area contributed by atoms with E-state index in [1.165, 1.54) is 6.42 Å². The summed E-state index contributed by atoms with van der Waals surface area (Å²) in [5.74, 6) is -0.493. The summed E-state index contributed by atoms with van der Waals surface area (Å²) in [6.07, 6.45) is 5.96. The number of likely N-dealkylation sites (tertiary alicyclic amines) is 1. The maximum Gasteiger partial charge on any atom is 0.230 e. The molecule has 5 heteroatoms. The van der Waals surface area contributed by atoms with Crippen LogP contribution in [0.15, 0.2) is 0 Å². The fraction of sp³-hybridized carbons (Fsp3) is 0.857. The molecule has 0 unspecified atom stereocenters. The second kappa shape index (κ2) is 5.21. The molecule has 108 valence electrons. The molecule has 0 aromatic rings. The first kappa shape index (κ1) is 14.5. The fourth-order valence-corrected chi connectivity index (χ4v) is 3.45. The van der Waals surface area contributed by atoms with Crippen LogP contribution in [0.4, 0.5) is 0 Å². The molecule has 0 bridgehead atoms. The Balaban J connectivity index is 2.19. The SMILES string of the molecule is CC(CO)(CO)N1C(=O)CC2(CCCCC2)CC1=O. The smallest absolute Gasteiger partial charge is 0.230 e. The molecule has 1 saturated heterocycles. The number of carbonyl (C=O) groups excluding carboxylic acids is 2. The van der Waals surface area contributed by atoms with Crippen LogP contribution in [0.25, 0.3) is 0 Å². The molecule has 0 atom stereocenters. The van der Waals surface area contributed by atoms with E-state index in [-0.39, 0.29) is 17.2 Å². The average molecular weight is 269 g/mol. The van der Waals surface area contributed by atoms with Gasteiger partial charge in [-0.15, -0.1) is 0 Å². The third-order valence-corrected chi connectivity index (χ3v) is 4.69. The van der Waals surface area contributed by atoms with Gasteiger partial charge in [-0.25, -0.2) is 0 Å².